The van der Waals surface area contributed by atoms with Crippen LogP contribution >= 0.6 is 0 Å². The van der Waals surface area contributed by atoms with Crippen LogP contribution < -0.4 is 29.4 Å². The van der Waals surface area contributed by atoms with E-state index >= 15 is 0 Å². The molecule has 7 nitrogen and oxygen atoms in total. The van der Waals surface area contributed by atoms with Crippen molar-refractivity contribution in [3.63, 3.8) is 0 Å². The Balaban J connectivity index is 1.52. The van der Waals surface area contributed by atoms with Gasteiger partial charge >= 0.3 is 0 Å². The lowest BCUT2D eigenvalue weighted by molar-refractivity contribution is 0.174. The SMILES string of the molecule is CCOc1cc([C@H]2C(C#N)=C(N)Oc3cc4c(cc32)OCO4)ccc1OCc1ccc(F)cc1. The van der Waals surface area contributed by atoms with Crippen molar-refractivity contribution in [3.8, 4) is 34.8 Å². The van der Waals surface area contributed by atoms with Gasteiger partial charge in [0, 0.05) is 11.6 Å². The molecule has 0 unspecified atom stereocenters. The van der Waals surface area contributed by atoms with Crippen molar-refractivity contribution in [2.24, 2.45) is 5.73 Å². The Morgan fingerprint density at radius 2 is 1.76 bits per heavy atom. The van der Waals surface area contributed by atoms with Crippen LogP contribution in [0.15, 0.2) is 66.1 Å². The van der Waals surface area contributed by atoms with Gasteiger partial charge in [-0.05, 0) is 48.4 Å². The standard InChI is InChI=1S/C26H21FN2O5/c1-2-30-22-9-16(5-8-20(22)31-13-15-3-6-17(27)7-4-15)25-18-10-23-24(33-14-32-23)11-21(18)34-26(29)19(25)12-28/h3-11,25H,2,13-14,29H2,1H3/t25-/m1/s1. The highest BCUT2D eigenvalue weighted by atomic mass is 19.1. The van der Waals surface area contributed by atoms with Gasteiger partial charge in [0.05, 0.1) is 12.5 Å². The molecule has 0 bridgehead atoms. The van der Waals surface area contributed by atoms with Gasteiger partial charge in [-0.1, -0.05) is 18.2 Å². The molecule has 3 aromatic carbocycles. The number of nitriles is 1. The molecule has 172 valence electrons. The van der Waals surface area contributed by atoms with Crippen molar-refractivity contribution in [1.29, 1.82) is 5.26 Å². The summed E-state index contributed by atoms with van der Waals surface area (Å²) >= 11 is 0. The van der Waals surface area contributed by atoms with Crippen LogP contribution in [0.4, 0.5) is 4.39 Å². The highest BCUT2D eigenvalue weighted by Gasteiger charge is 2.33. The minimum Gasteiger partial charge on any atom is -0.490 e. The largest absolute Gasteiger partial charge is 0.490 e. The van der Waals surface area contributed by atoms with E-state index in [1.807, 2.05) is 25.1 Å². The fraction of sp³-hybridized carbons (Fsp3) is 0.192. The average molecular weight is 460 g/mol. The van der Waals surface area contributed by atoms with Crippen LogP contribution in [0.2, 0.25) is 0 Å². The second kappa shape index (κ2) is 8.87. The summed E-state index contributed by atoms with van der Waals surface area (Å²) in [5, 5.41) is 9.86. The summed E-state index contributed by atoms with van der Waals surface area (Å²) in [6, 6.07) is 17.3. The van der Waals surface area contributed by atoms with E-state index in [-0.39, 0.29) is 30.7 Å². The Hall–Kier alpha value is -4.38. The van der Waals surface area contributed by atoms with Crippen molar-refractivity contribution < 1.29 is 28.1 Å². The van der Waals surface area contributed by atoms with Gasteiger partial charge in [-0.2, -0.15) is 5.26 Å². The van der Waals surface area contributed by atoms with Gasteiger partial charge in [-0.3, -0.25) is 0 Å². The van der Waals surface area contributed by atoms with Crippen LogP contribution in [0.1, 0.15) is 29.5 Å². The van der Waals surface area contributed by atoms with E-state index in [1.165, 1.54) is 12.1 Å². The van der Waals surface area contributed by atoms with Gasteiger partial charge in [-0.25, -0.2) is 4.39 Å². The predicted molar refractivity (Wildman–Crippen MR) is 120 cm³/mol. The predicted octanol–water partition coefficient (Wildman–Crippen LogP) is 4.75. The van der Waals surface area contributed by atoms with Crippen LogP contribution in [0.3, 0.4) is 0 Å². The lowest BCUT2D eigenvalue weighted by Crippen LogP contribution is -2.21. The third-order valence-corrected chi connectivity index (χ3v) is 5.62. The van der Waals surface area contributed by atoms with Crippen LogP contribution in [-0.2, 0) is 6.61 Å². The number of nitrogens with zero attached hydrogens (tertiary/aromatic N) is 1. The Morgan fingerprint density at radius 3 is 2.50 bits per heavy atom. The molecule has 0 fully saturated rings. The molecule has 1 atom stereocenters. The van der Waals surface area contributed by atoms with Crippen LogP contribution in [0.5, 0.6) is 28.7 Å². The highest BCUT2D eigenvalue weighted by Crippen LogP contribution is 2.48. The second-order valence-electron chi connectivity index (χ2n) is 7.72. The van der Waals surface area contributed by atoms with E-state index in [0.717, 1.165) is 16.7 Å². The first-order valence-electron chi connectivity index (χ1n) is 10.7. The maximum Gasteiger partial charge on any atom is 0.231 e. The van der Waals surface area contributed by atoms with Crippen molar-refractivity contribution in [2.45, 2.75) is 19.4 Å². The fourth-order valence-corrected chi connectivity index (χ4v) is 4.02. The first kappa shape index (κ1) is 21.5. The smallest absolute Gasteiger partial charge is 0.231 e. The van der Waals surface area contributed by atoms with Gasteiger partial charge in [0.1, 0.15) is 29.8 Å². The van der Waals surface area contributed by atoms with E-state index in [2.05, 4.69) is 6.07 Å². The molecule has 0 spiro atoms. The van der Waals surface area contributed by atoms with E-state index in [9.17, 15) is 9.65 Å². The summed E-state index contributed by atoms with van der Waals surface area (Å²) in [5.74, 6) is 1.93. The molecule has 0 saturated heterocycles. The zero-order valence-electron chi connectivity index (χ0n) is 18.3. The molecule has 0 aromatic heterocycles. The molecule has 34 heavy (non-hydrogen) atoms. The Kier molecular flexibility index (Phi) is 5.60. The zero-order chi connectivity index (χ0) is 23.7. The summed E-state index contributed by atoms with van der Waals surface area (Å²) in [7, 11) is 0. The molecular formula is C26H21FN2O5. The molecule has 0 aliphatic carbocycles. The van der Waals surface area contributed by atoms with Crippen molar-refractivity contribution >= 4 is 0 Å². The molecule has 2 aliphatic rings. The first-order valence-corrected chi connectivity index (χ1v) is 10.7. The number of rotatable bonds is 6. The molecule has 8 heteroatoms. The number of benzene rings is 3. The molecule has 0 saturated carbocycles. The molecule has 0 radical (unpaired) electrons. The summed E-state index contributed by atoms with van der Waals surface area (Å²) in [4.78, 5) is 0. The van der Waals surface area contributed by atoms with Gasteiger partial charge in [-0.15, -0.1) is 0 Å². The van der Waals surface area contributed by atoms with Crippen molar-refractivity contribution in [1.82, 2.24) is 0 Å². The normalized spacial score (nSPS) is 15.9. The fourth-order valence-electron chi connectivity index (χ4n) is 4.02. The number of hydrogen-bond donors (Lipinski definition) is 1. The first-order chi connectivity index (χ1) is 16.6. The molecule has 5 rings (SSSR count). The molecule has 2 N–H and O–H groups in total. The van der Waals surface area contributed by atoms with Crippen LogP contribution in [-0.4, -0.2) is 13.4 Å². The number of allylic oxidation sites excluding steroid dienone is 1. The second-order valence-corrected chi connectivity index (χ2v) is 7.72. The summed E-state index contributed by atoms with van der Waals surface area (Å²) in [5.41, 5.74) is 8.73. The minimum atomic E-state index is -0.492. The quantitative estimate of drug-likeness (QED) is 0.567. The van der Waals surface area contributed by atoms with Crippen LogP contribution in [0, 0.1) is 17.1 Å². The number of ether oxygens (including phenoxy) is 5. The number of nitrogens with two attached hydrogens (primary N) is 1. The van der Waals surface area contributed by atoms with Gasteiger partial charge in [0.15, 0.2) is 23.0 Å². The third kappa shape index (κ3) is 3.92. The number of fused-ring (bicyclic) bond motifs is 2. The minimum absolute atomic E-state index is 0.0356. The Morgan fingerprint density at radius 1 is 1.00 bits per heavy atom. The van der Waals surface area contributed by atoms with Crippen LogP contribution in [0.25, 0.3) is 0 Å². The lowest BCUT2D eigenvalue weighted by Gasteiger charge is -2.27. The molecule has 3 aromatic rings. The summed E-state index contributed by atoms with van der Waals surface area (Å²) < 4.78 is 41.7. The number of hydrogen-bond acceptors (Lipinski definition) is 7. The molecule has 2 aliphatic heterocycles. The zero-order valence-corrected chi connectivity index (χ0v) is 18.3. The maximum atomic E-state index is 13.2. The lowest BCUT2D eigenvalue weighted by atomic mass is 9.83. The summed E-state index contributed by atoms with van der Waals surface area (Å²) in [6.45, 7) is 2.66. The van der Waals surface area contributed by atoms with E-state index in [1.54, 1.807) is 24.3 Å². The van der Waals surface area contributed by atoms with Gasteiger partial charge in [0.25, 0.3) is 0 Å². The molecule has 0 amide bonds. The summed E-state index contributed by atoms with van der Waals surface area (Å²) in [6.07, 6.45) is 0. The maximum absolute atomic E-state index is 13.2. The van der Waals surface area contributed by atoms with Crippen molar-refractivity contribution in [3.05, 3.63) is 88.6 Å². The third-order valence-electron chi connectivity index (χ3n) is 5.62. The van der Waals surface area contributed by atoms with E-state index in [0.29, 0.717) is 35.4 Å². The molecule has 2 heterocycles. The van der Waals surface area contributed by atoms with E-state index in [4.69, 9.17) is 29.4 Å². The topological polar surface area (TPSA) is 96.0 Å². The van der Waals surface area contributed by atoms with Gasteiger partial charge < -0.3 is 29.4 Å². The van der Waals surface area contributed by atoms with Gasteiger partial charge in [0.2, 0.25) is 12.7 Å². The highest BCUT2D eigenvalue weighted by molar-refractivity contribution is 5.62. The number of halogens is 1. The van der Waals surface area contributed by atoms with Crippen molar-refractivity contribution in [2.75, 3.05) is 13.4 Å². The molecular weight excluding hydrogens is 439 g/mol. The Labute approximate surface area is 195 Å². The average Bonchev–Trinajstić information content (AvgIpc) is 3.29. The van der Waals surface area contributed by atoms with E-state index < -0.39 is 5.92 Å². The Bertz CT molecular complexity index is 1310. The monoisotopic (exact) mass is 460 g/mol.